The molecule has 0 fully saturated rings. The van der Waals surface area contributed by atoms with E-state index in [1.165, 1.54) is 0 Å². The molecule has 1 heterocycles. The van der Waals surface area contributed by atoms with E-state index in [1.54, 1.807) is 20.0 Å². The Balaban J connectivity index is 3.05. The summed E-state index contributed by atoms with van der Waals surface area (Å²) in [5, 5.41) is 7.52. The Labute approximate surface area is 76.9 Å². The number of carbonyl (C=O) groups is 1. The number of nitrogens with zero attached hydrogens (tertiary/aromatic N) is 2. The van der Waals surface area contributed by atoms with Gasteiger partial charge in [-0.1, -0.05) is 0 Å². The van der Waals surface area contributed by atoms with Crippen molar-refractivity contribution in [3.8, 4) is 0 Å². The standard InChI is InChI=1S/C9H12N2O2/c1-4-13-9(12)8-6(2)5-10-11-7(8)3/h5H,4H2,1-3H3. The number of aryl methyl sites for hydroxylation is 2. The summed E-state index contributed by atoms with van der Waals surface area (Å²) in [6.07, 6.45) is 1.55. The Kier molecular flexibility index (Phi) is 2.95. The maximum Gasteiger partial charge on any atom is 0.340 e. The smallest absolute Gasteiger partial charge is 0.340 e. The Morgan fingerprint density at radius 2 is 2.23 bits per heavy atom. The van der Waals surface area contributed by atoms with Crippen LogP contribution in [0.25, 0.3) is 0 Å². The second-order valence-corrected chi connectivity index (χ2v) is 2.71. The fourth-order valence-corrected chi connectivity index (χ4v) is 1.11. The van der Waals surface area contributed by atoms with Crippen molar-refractivity contribution in [2.75, 3.05) is 6.61 Å². The van der Waals surface area contributed by atoms with E-state index in [0.29, 0.717) is 17.9 Å². The molecular formula is C9H12N2O2. The molecule has 0 N–H and O–H groups in total. The lowest BCUT2D eigenvalue weighted by molar-refractivity contribution is 0.0524. The molecule has 1 aromatic rings. The summed E-state index contributed by atoms with van der Waals surface area (Å²) in [4.78, 5) is 11.4. The summed E-state index contributed by atoms with van der Waals surface area (Å²) in [5.74, 6) is -0.326. The molecule has 0 aliphatic heterocycles. The van der Waals surface area contributed by atoms with Gasteiger partial charge in [0.25, 0.3) is 0 Å². The summed E-state index contributed by atoms with van der Waals surface area (Å²) in [7, 11) is 0. The van der Waals surface area contributed by atoms with Crippen molar-refractivity contribution in [3.63, 3.8) is 0 Å². The van der Waals surface area contributed by atoms with Gasteiger partial charge in [0.15, 0.2) is 0 Å². The van der Waals surface area contributed by atoms with Crippen molar-refractivity contribution in [1.29, 1.82) is 0 Å². The lowest BCUT2D eigenvalue weighted by Crippen LogP contribution is -2.10. The molecule has 0 unspecified atom stereocenters. The number of esters is 1. The summed E-state index contributed by atoms with van der Waals surface area (Å²) in [6.45, 7) is 5.71. The molecule has 0 radical (unpaired) electrons. The predicted octanol–water partition coefficient (Wildman–Crippen LogP) is 1.27. The molecule has 0 spiro atoms. The van der Waals surface area contributed by atoms with Gasteiger partial charge in [-0.05, 0) is 26.3 Å². The lowest BCUT2D eigenvalue weighted by Gasteiger charge is -2.05. The van der Waals surface area contributed by atoms with Gasteiger partial charge in [-0.25, -0.2) is 4.79 Å². The van der Waals surface area contributed by atoms with Crippen LogP contribution >= 0.6 is 0 Å². The van der Waals surface area contributed by atoms with Gasteiger partial charge in [0, 0.05) is 0 Å². The van der Waals surface area contributed by atoms with E-state index < -0.39 is 0 Å². The summed E-state index contributed by atoms with van der Waals surface area (Å²) < 4.78 is 4.88. The maximum absolute atomic E-state index is 11.4. The zero-order valence-corrected chi connectivity index (χ0v) is 8.00. The highest BCUT2D eigenvalue weighted by atomic mass is 16.5. The van der Waals surface area contributed by atoms with E-state index in [0.717, 1.165) is 5.56 Å². The fourth-order valence-electron chi connectivity index (χ4n) is 1.11. The molecule has 0 aromatic carbocycles. The van der Waals surface area contributed by atoms with Crippen LogP contribution in [0.4, 0.5) is 0 Å². The first-order valence-corrected chi connectivity index (χ1v) is 4.12. The minimum atomic E-state index is -0.326. The van der Waals surface area contributed by atoms with Gasteiger partial charge in [-0.3, -0.25) is 0 Å². The highest BCUT2D eigenvalue weighted by molar-refractivity contribution is 5.91. The van der Waals surface area contributed by atoms with Crippen LogP contribution in [-0.4, -0.2) is 22.8 Å². The average molecular weight is 180 g/mol. The zero-order chi connectivity index (χ0) is 9.84. The first-order valence-electron chi connectivity index (χ1n) is 4.12. The van der Waals surface area contributed by atoms with Crippen LogP contribution < -0.4 is 0 Å². The number of ether oxygens (including phenoxy) is 1. The van der Waals surface area contributed by atoms with Gasteiger partial charge in [-0.15, -0.1) is 0 Å². The van der Waals surface area contributed by atoms with E-state index in [4.69, 9.17) is 4.74 Å². The monoisotopic (exact) mass is 180 g/mol. The largest absolute Gasteiger partial charge is 0.462 e. The average Bonchev–Trinajstić information content (AvgIpc) is 2.04. The highest BCUT2D eigenvalue weighted by Crippen LogP contribution is 2.10. The van der Waals surface area contributed by atoms with E-state index in [2.05, 4.69) is 10.2 Å². The molecule has 4 nitrogen and oxygen atoms in total. The van der Waals surface area contributed by atoms with Crippen LogP contribution in [0.2, 0.25) is 0 Å². The third kappa shape index (κ3) is 2.02. The molecule has 0 amide bonds. The molecule has 0 aliphatic rings. The van der Waals surface area contributed by atoms with Gasteiger partial charge >= 0.3 is 5.97 Å². The number of aromatic nitrogens is 2. The van der Waals surface area contributed by atoms with Crippen molar-refractivity contribution >= 4 is 5.97 Å². The van der Waals surface area contributed by atoms with Crippen molar-refractivity contribution in [1.82, 2.24) is 10.2 Å². The second kappa shape index (κ2) is 3.98. The quantitative estimate of drug-likeness (QED) is 0.643. The molecule has 0 saturated carbocycles. The Bertz CT molecular complexity index is 303. The Morgan fingerprint density at radius 3 is 2.77 bits per heavy atom. The van der Waals surface area contributed by atoms with Crippen LogP contribution in [-0.2, 0) is 4.74 Å². The van der Waals surface area contributed by atoms with E-state index >= 15 is 0 Å². The molecule has 0 bridgehead atoms. The number of rotatable bonds is 2. The van der Waals surface area contributed by atoms with Crippen molar-refractivity contribution < 1.29 is 9.53 Å². The first-order chi connectivity index (χ1) is 6.16. The fraction of sp³-hybridized carbons (Fsp3) is 0.444. The van der Waals surface area contributed by atoms with Crippen LogP contribution in [0, 0.1) is 13.8 Å². The van der Waals surface area contributed by atoms with Gasteiger partial charge in [0.2, 0.25) is 0 Å². The maximum atomic E-state index is 11.4. The van der Waals surface area contributed by atoms with Gasteiger partial charge < -0.3 is 4.74 Å². The molecule has 4 heteroatoms. The van der Waals surface area contributed by atoms with Gasteiger partial charge in [-0.2, -0.15) is 10.2 Å². The number of carbonyl (C=O) groups excluding carboxylic acids is 1. The summed E-state index contributed by atoms with van der Waals surface area (Å²) >= 11 is 0. The second-order valence-electron chi connectivity index (χ2n) is 2.71. The molecular weight excluding hydrogens is 168 g/mol. The first kappa shape index (κ1) is 9.64. The number of hydrogen-bond donors (Lipinski definition) is 0. The molecule has 0 aliphatic carbocycles. The highest BCUT2D eigenvalue weighted by Gasteiger charge is 2.13. The molecule has 0 saturated heterocycles. The van der Waals surface area contributed by atoms with Crippen LogP contribution in [0.1, 0.15) is 28.5 Å². The Morgan fingerprint density at radius 1 is 1.54 bits per heavy atom. The molecule has 13 heavy (non-hydrogen) atoms. The predicted molar refractivity (Wildman–Crippen MR) is 47.5 cm³/mol. The van der Waals surface area contributed by atoms with Crippen LogP contribution in [0.5, 0.6) is 0 Å². The van der Waals surface area contributed by atoms with Gasteiger partial charge in [0.1, 0.15) is 0 Å². The van der Waals surface area contributed by atoms with E-state index in [-0.39, 0.29) is 5.97 Å². The minimum absolute atomic E-state index is 0.326. The van der Waals surface area contributed by atoms with Crippen molar-refractivity contribution in [2.45, 2.75) is 20.8 Å². The normalized spacial score (nSPS) is 9.77. The summed E-state index contributed by atoms with van der Waals surface area (Å²) in [6, 6.07) is 0. The lowest BCUT2D eigenvalue weighted by atomic mass is 10.1. The zero-order valence-electron chi connectivity index (χ0n) is 8.00. The molecule has 1 aromatic heterocycles. The van der Waals surface area contributed by atoms with Crippen molar-refractivity contribution in [3.05, 3.63) is 23.0 Å². The minimum Gasteiger partial charge on any atom is -0.462 e. The molecule has 70 valence electrons. The topological polar surface area (TPSA) is 52.1 Å². The van der Waals surface area contributed by atoms with Crippen LogP contribution in [0.3, 0.4) is 0 Å². The van der Waals surface area contributed by atoms with E-state index in [9.17, 15) is 4.79 Å². The van der Waals surface area contributed by atoms with Gasteiger partial charge in [0.05, 0.1) is 24.1 Å². The third-order valence-corrected chi connectivity index (χ3v) is 1.69. The SMILES string of the molecule is CCOC(=O)c1c(C)cnnc1C. The van der Waals surface area contributed by atoms with Crippen LogP contribution in [0.15, 0.2) is 6.20 Å². The Hall–Kier alpha value is -1.45. The van der Waals surface area contributed by atoms with E-state index in [1.807, 2.05) is 6.92 Å². The molecule has 1 rings (SSSR count). The summed E-state index contributed by atoms with van der Waals surface area (Å²) in [5.41, 5.74) is 1.93. The molecule has 0 atom stereocenters. The third-order valence-electron chi connectivity index (χ3n) is 1.69. The van der Waals surface area contributed by atoms with Crippen molar-refractivity contribution in [2.24, 2.45) is 0 Å². The number of hydrogen-bond acceptors (Lipinski definition) is 4.